The highest BCUT2D eigenvalue weighted by Gasteiger charge is 2.28. The molecular formula is C14H27N3O4S. The van der Waals surface area contributed by atoms with E-state index in [0.29, 0.717) is 12.8 Å². The summed E-state index contributed by atoms with van der Waals surface area (Å²) in [7, 11) is 0. The fourth-order valence-electron chi connectivity index (χ4n) is 1.72. The van der Waals surface area contributed by atoms with Crippen molar-refractivity contribution in [3.8, 4) is 0 Å². The molecule has 0 bridgehead atoms. The Morgan fingerprint density at radius 3 is 2.23 bits per heavy atom. The molecule has 0 spiro atoms. The zero-order valence-electron chi connectivity index (χ0n) is 13.6. The number of aliphatic carboxylic acids is 1. The van der Waals surface area contributed by atoms with Crippen molar-refractivity contribution in [1.29, 1.82) is 0 Å². The molecule has 0 radical (unpaired) electrons. The van der Waals surface area contributed by atoms with Crippen molar-refractivity contribution in [2.45, 2.75) is 51.7 Å². The van der Waals surface area contributed by atoms with E-state index in [2.05, 4.69) is 10.6 Å². The Morgan fingerprint density at radius 2 is 1.77 bits per heavy atom. The van der Waals surface area contributed by atoms with E-state index in [-0.39, 0.29) is 5.92 Å². The zero-order chi connectivity index (χ0) is 17.3. The van der Waals surface area contributed by atoms with Crippen molar-refractivity contribution >= 4 is 29.5 Å². The van der Waals surface area contributed by atoms with Crippen molar-refractivity contribution < 1.29 is 19.5 Å². The lowest BCUT2D eigenvalue weighted by atomic mass is 9.99. The van der Waals surface area contributed by atoms with Crippen LogP contribution in [0.15, 0.2) is 0 Å². The standard InChI is InChI=1S/C14H27N3O4S/c1-5-8(2)11(14(20)21)17-12(18)9(3)16-13(19)10(15)6-7-22-4/h8-11H,5-7,15H2,1-4H3,(H,16,19)(H,17,18)(H,20,21)/t8-,9-,10-,11-/m0/s1. The van der Waals surface area contributed by atoms with Crippen LogP contribution in [0.4, 0.5) is 0 Å². The fraction of sp³-hybridized carbons (Fsp3) is 0.786. The summed E-state index contributed by atoms with van der Waals surface area (Å²) < 4.78 is 0. The van der Waals surface area contributed by atoms with Gasteiger partial charge in [0.15, 0.2) is 0 Å². The van der Waals surface area contributed by atoms with Gasteiger partial charge in [0, 0.05) is 0 Å². The second-order valence-electron chi connectivity index (χ2n) is 5.33. The molecule has 0 aromatic carbocycles. The third kappa shape index (κ3) is 7.13. The van der Waals surface area contributed by atoms with E-state index >= 15 is 0 Å². The van der Waals surface area contributed by atoms with Crippen molar-refractivity contribution in [1.82, 2.24) is 10.6 Å². The van der Waals surface area contributed by atoms with E-state index in [0.717, 1.165) is 5.75 Å². The van der Waals surface area contributed by atoms with Crippen LogP contribution < -0.4 is 16.4 Å². The number of carboxylic acids is 1. The molecule has 22 heavy (non-hydrogen) atoms. The summed E-state index contributed by atoms with van der Waals surface area (Å²) in [6, 6.07) is -2.48. The monoisotopic (exact) mass is 333 g/mol. The molecule has 0 saturated heterocycles. The van der Waals surface area contributed by atoms with E-state index in [1.807, 2.05) is 13.2 Å². The summed E-state index contributed by atoms with van der Waals surface area (Å²) >= 11 is 1.59. The second kappa shape index (κ2) is 10.4. The van der Waals surface area contributed by atoms with Gasteiger partial charge >= 0.3 is 5.97 Å². The number of carboxylic acid groups (broad SMARTS) is 1. The predicted octanol–water partition coefficient (Wildman–Crippen LogP) is 0.187. The number of thioether (sulfide) groups is 1. The van der Waals surface area contributed by atoms with Gasteiger partial charge in [0.1, 0.15) is 12.1 Å². The van der Waals surface area contributed by atoms with Crippen LogP contribution in [0.25, 0.3) is 0 Å². The second-order valence-corrected chi connectivity index (χ2v) is 6.31. The molecule has 0 aromatic heterocycles. The lowest BCUT2D eigenvalue weighted by Gasteiger charge is -2.23. The number of nitrogens with one attached hydrogen (secondary N) is 2. The van der Waals surface area contributed by atoms with Gasteiger partial charge in [-0.25, -0.2) is 4.79 Å². The maximum absolute atomic E-state index is 12.0. The molecule has 0 rings (SSSR count). The summed E-state index contributed by atoms with van der Waals surface area (Å²) in [6.45, 7) is 5.10. The van der Waals surface area contributed by atoms with Crippen LogP contribution in [-0.4, -0.2) is 53.0 Å². The Kier molecular flexibility index (Phi) is 9.84. The number of amides is 2. The maximum Gasteiger partial charge on any atom is 0.326 e. The van der Waals surface area contributed by atoms with Gasteiger partial charge in [-0.05, 0) is 31.3 Å². The molecule has 4 atom stereocenters. The molecule has 0 fully saturated rings. The molecule has 0 unspecified atom stereocenters. The molecule has 0 heterocycles. The van der Waals surface area contributed by atoms with Gasteiger partial charge in [-0.15, -0.1) is 0 Å². The Balaban J connectivity index is 4.52. The molecule has 0 aliphatic rings. The largest absolute Gasteiger partial charge is 0.480 e. The maximum atomic E-state index is 12.0. The Labute approximate surface area is 135 Å². The molecule has 0 saturated carbocycles. The van der Waals surface area contributed by atoms with Gasteiger partial charge in [0.2, 0.25) is 11.8 Å². The molecule has 7 nitrogen and oxygen atoms in total. The van der Waals surface area contributed by atoms with E-state index in [9.17, 15) is 14.4 Å². The summed E-state index contributed by atoms with van der Waals surface area (Å²) in [4.78, 5) is 35.0. The van der Waals surface area contributed by atoms with Gasteiger partial charge in [-0.2, -0.15) is 11.8 Å². The molecular weight excluding hydrogens is 306 g/mol. The minimum Gasteiger partial charge on any atom is -0.480 e. The third-order valence-corrected chi connectivity index (χ3v) is 4.14. The van der Waals surface area contributed by atoms with Crippen LogP contribution in [0.3, 0.4) is 0 Å². The van der Waals surface area contributed by atoms with Crippen LogP contribution in [0.2, 0.25) is 0 Å². The lowest BCUT2D eigenvalue weighted by molar-refractivity contribution is -0.143. The Morgan fingerprint density at radius 1 is 1.18 bits per heavy atom. The van der Waals surface area contributed by atoms with Crippen LogP contribution in [0, 0.1) is 5.92 Å². The molecule has 0 aliphatic heterocycles. The first-order valence-corrected chi connectivity index (χ1v) is 8.72. The number of rotatable bonds is 10. The lowest BCUT2D eigenvalue weighted by Crippen LogP contribution is -2.54. The molecule has 128 valence electrons. The van der Waals surface area contributed by atoms with Gasteiger partial charge < -0.3 is 21.5 Å². The summed E-state index contributed by atoms with van der Waals surface area (Å²) in [5.41, 5.74) is 5.72. The van der Waals surface area contributed by atoms with Crippen molar-refractivity contribution in [3.63, 3.8) is 0 Å². The molecule has 8 heteroatoms. The first-order valence-electron chi connectivity index (χ1n) is 7.32. The number of nitrogens with two attached hydrogens (primary N) is 1. The number of carbonyl (C=O) groups is 3. The Hall–Kier alpha value is -1.28. The topological polar surface area (TPSA) is 122 Å². The van der Waals surface area contributed by atoms with E-state index in [1.165, 1.54) is 6.92 Å². The summed E-state index contributed by atoms with van der Waals surface area (Å²) in [5, 5.41) is 14.1. The van der Waals surface area contributed by atoms with E-state index < -0.39 is 35.9 Å². The average molecular weight is 333 g/mol. The van der Waals surface area contributed by atoms with E-state index in [4.69, 9.17) is 10.8 Å². The number of carbonyl (C=O) groups excluding carboxylic acids is 2. The molecule has 0 aliphatic carbocycles. The minimum absolute atomic E-state index is 0.201. The van der Waals surface area contributed by atoms with Gasteiger partial charge in [0.05, 0.1) is 6.04 Å². The van der Waals surface area contributed by atoms with Crippen LogP contribution in [0.1, 0.15) is 33.6 Å². The van der Waals surface area contributed by atoms with Crippen molar-refractivity contribution in [2.24, 2.45) is 11.7 Å². The Bertz CT molecular complexity index is 392. The molecule has 5 N–H and O–H groups in total. The highest BCUT2D eigenvalue weighted by Crippen LogP contribution is 2.08. The number of hydrogen-bond donors (Lipinski definition) is 4. The van der Waals surface area contributed by atoms with Crippen LogP contribution in [0.5, 0.6) is 0 Å². The predicted molar refractivity (Wildman–Crippen MR) is 87.6 cm³/mol. The van der Waals surface area contributed by atoms with Crippen LogP contribution >= 0.6 is 11.8 Å². The number of hydrogen-bond acceptors (Lipinski definition) is 5. The summed E-state index contributed by atoms with van der Waals surface area (Å²) in [5.74, 6) is -1.47. The fourth-order valence-corrected chi connectivity index (χ4v) is 2.21. The van der Waals surface area contributed by atoms with Crippen LogP contribution in [-0.2, 0) is 14.4 Å². The minimum atomic E-state index is -1.09. The van der Waals surface area contributed by atoms with E-state index in [1.54, 1.807) is 18.7 Å². The quantitative estimate of drug-likeness (QED) is 0.453. The van der Waals surface area contributed by atoms with Crippen molar-refractivity contribution in [3.05, 3.63) is 0 Å². The zero-order valence-corrected chi connectivity index (χ0v) is 14.4. The van der Waals surface area contributed by atoms with Gasteiger partial charge in [0.25, 0.3) is 0 Å². The highest BCUT2D eigenvalue weighted by molar-refractivity contribution is 7.98. The third-order valence-electron chi connectivity index (χ3n) is 3.50. The van der Waals surface area contributed by atoms with Gasteiger partial charge in [-0.3, -0.25) is 9.59 Å². The SMILES string of the molecule is CC[C@H](C)[C@H](NC(=O)[C@H](C)NC(=O)[C@@H](N)CCSC)C(=O)O. The molecule has 0 aromatic rings. The first-order chi connectivity index (χ1) is 10.2. The first kappa shape index (κ1) is 20.7. The average Bonchev–Trinajstić information content (AvgIpc) is 2.48. The smallest absolute Gasteiger partial charge is 0.326 e. The normalized spacial score (nSPS) is 16.2. The van der Waals surface area contributed by atoms with Gasteiger partial charge in [-0.1, -0.05) is 20.3 Å². The van der Waals surface area contributed by atoms with Crippen molar-refractivity contribution in [2.75, 3.05) is 12.0 Å². The summed E-state index contributed by atoms with van der Waals surface area (Å²) in [6.07, 6.45) is 3.06. The molecule has 2 amide bonds. The highest BCUT2D eigenvalue weighted by atomic mass is 32.2.